The lowest BCUT2D eigenvalue weighted by atomic mass is 10.0. The maximum Gasteiger partial charge on any atom is 0.255 e. The Bertz CT molecular complexity index is 645. The summed E-state index contributed by atoms with van der Waals surface area (Å²) >= 11 is 0. The largest absolute Gasteiger partial charge is 0.371 e. The van der Waals surface area contributed by atoms with Crippen LogP contribution in [0.25, 0.3) is 0 Å². The zero-order valence-electron chi connectivity index (χ0n) is 16.7. The van der Waals surface area contributed by atoms with Gasteiger partial charge in [0.2, 0.25) is 5.91 Å². The van der Waals surface area contributed by atoms with E-state index in [1.165, 1.54) is 6.42 Å². The second kappa shape index (κ2) is 9.25. The van der Waals surface area contributed by atoms with Crippen LogP contribution in [0.2, 0.25) is 0 Å². The Morgan fingerprint density at radius 2 is 1.70 bits per heavy atom. The van der Waals surface area contributed by atoms with Crippen molar-refractivity contribution in [1.29, 1.82) is 0 Å². The Morgan fingerprint density at radius 3 is 2.37 bits per heavy atom. The van der Waals surface area contributed by atoms with E-state index in [1.807, 2.05) is 23.1 Å². The Balaban J connectivity index is 1.61. The van der Waals surface area contributed by atoms with Crippen molar-refractivity contribution in [2.24, 2.45) is 5.92 Å². The Labute approximate surface area is 163 Å². The van der Waals surface area contributed by atoms with Gasteiger partial charge in [-0.15, -0.1) is 0 Å². The molecule has 2 saturated heterocycles. The minimum Gasteiger partial charge on any atom is -0.371 e. The third kappa shape index (κ3) is 5.24. The van der Waals surface area contributed by atoms with Crippen LogP contribution in [0.5, 0.6) is 0 Å². The van der Waals surface area contributed by atoms with Crippen LogP contribution >= 0.6 is 0 Å². The van der Waals surface area contributed by atoms with E-state index < -0.39 is 0 Å². The molecule has 3 rings (SSSR count). The number of nitrogens with one attached hydrogen (secondary N) is 1. The fourth-order valence-corrected chi connectivity index (χ4v) is 4.12. The maximum atomic E-state index is 13.0. The molecule has 2 heterocycles. The second-order valence-corrected chi connectivity index (χ2v) is 8.30. The van der Waals surface area contributed by atoms with Gasteiger partial charge in [-0.25, -0.2) is 0 Å². The first-order chi connectivity index (χ1) is 13.0. The predicted molar refractivity (Wildman–Crippen MR) is 109 cm³/mol. The Hall–Kier alpha value is -2.04. The summed E-state index contributed by atoms with van der Waals surface area (Å²) in [4.78, 5) is 29.3. The molecule has 0 unspecified atom stereocenters. The highest BCUT2D eigenvalue weighted by Crippen LogP contribution is 2.26. The molecule has 1 aromatic carbocycles. The van der Waals surface area contributed by atoms with Gasteiger partial charge >= 0.3 is 0 Å². The third-order valence-corrected chi connectivity index (χ3v) is 5.57. The highest BCUT2D eigenvalue weighted by molar-refractivity contribution is 5.99. The van der Waals surface area contributed by atoms with Crippen LogP contribution in [0.3, 0.4) is 0 Å². The molecule has 0 bridgehead atoms. The smallest absolute Gasteiger partial charge is 0.255 e. The van der Waals surface area contributed by atoms with Crippen LogP contribution in [-0.4, -0.2) is 48.9 Å². The summed E-state index contributed by atoms with van der Waals surface area (Å²) in [5, 5.41) is 3.17. The van der Waals surface area contributed by atoms with Gasteiger partial charge < -0.3 is 15.1 Å². The number of anilines is 1. The normalized spacial score (nSPS) is 18.6. The summed E-state index contributed by atoms with van der Waals surface area (Å²) in [6.45, 7) is 7.62. The number of hydrogen-bond donors (Lipinski definition) is 1. The number of amides is 2. The molecule has 148 valence electrons. The molecule has 5 heteroatoms. The molecule has 2 aliphatic heterocycles. The summed E-state index contributed by atoms with van der Waals surface area (Å²) in [5.41, 5.74) is 1.86. The molecule has 27 heavy (non-hydrogen) atoms. The Morgan fingerprint density at radius 1 is 1.04 bits per heavy atom. The lowest BCUT2D eigenvalue weighted by molar-refractivity contribution is -0.122. The minimum absolute atomic E-state index is 0.157. The van der Waals surface area contributed by atoms with Crippen molar-refractivity contribution in [2.75, 3.05) is 31.1 Å². The molecule has 0 spiro atoms. The zero-order chi connectivity index (χ0) is 19.2. The molecule has 0 saturated carbocycles. The molecule has 2 aliphatic rings. The van der Waals surface area contributed by atoms with E-state index in [9.17, 15) is 9.59 Å². The number of benzene rings is 1. The molecule has 0 atom stereocenters. The maximum absolute atomic E-state index is 13.0. The van der Waals surface area contributed by atoms with Gasteiger partial charge in [0.25, 0.3) is 5.91 Å². The highest BCUT2D eigenvalue weighted by atomic mass is 16.2. The van der Waals surface area contributed by atoms with Crippen molar-refractivity contribution < 1.29 is 9.59 Å². The van der Waals surface area contributed by atoms with Gasteiger partial charge in [0.05, 0.1) is 5.56 Å². The van der Waals surface area contributed by atoms with Gasteiger partial charge in [0.15, 0.2) is 0 Å². The first-order valence-electron chi connectivity index (χ1n) is 10.5. The Kier molecular flexibility index (Phi) is 6.75. The summed E-state index contributed by atoms with van der Waals surface area (Å²) in [6.07, 6.45) is 5.88. The van der Waals surface area contributed by atoms with E-state index >= 15 is 0 Å². The van der Waals surface area contributed by atoms with Gasteiger partial charge in [-0.1, -0.05) is 26.0 Å². The average Bonchev–Trinajstić information content (AvgIpc) is 2.68. The summed E-state index contributed by atoms with van der Waals surface area (Å²) in [7, 11) is 0. The number of rotatable bonds is 5. The molecule has 2 fully saturated rings. The van der Waals surface area contributed by atoms with Crippen molar-refractivity contribution in [3.8, 4) is 0 Å². The monoisotopic (exact) mass is 371 g/mol. The van der Waals surface area contributed by atoms with Gasteiger partial charge in [-0.3, -0.25) is 9.59 Å². The lowest BCUT2D eigenvalue weighted by Gasteiger charge is -2.36. The van der Waals surface area contributed by atoms with E-state index in [4.69, 9.17) is 0 Å². The summed E-state index contributed by atoms with van der Waals surface area (Å²) < 4.78 is 0. The van der Waals surface area contributed by atoms with Crippen LogP contribution in [-0.2, 0) is 4.79 Å². The molecular weight excluding hydrogens is 338 g/mol. The van der Waals surface area contributed by atoms with E-state index in [0.29, 0.717) is 12.3 Å². The molecule has 0 radical (unpaired) electrons. The second-order valence-electron chi connectivity index (χ2n) is 8.30. The fourth-order valence-electron chi connectivity index (χ4n) is 4.12. The molecular formula is C22H33N3O2. The number of nitrogens with zero attached hydrogens (tertiary/aromatic N) is 2. The van der Waals surface area contributed by atoms with Crippen LogP contribution in [0.15, 0.2) is 24.3 Å². The van der Waals surface area contributed by atoms with Crippen LogP contribution in [0.4, 0.5) is 5.69 Å². The number of likely N-dealkylation sites (tertiary alicyclic amines) is 1. The van der Waals surface area contributed by atoms with Crippen molar-refractivity contribution in [1.82, 2.24) is 10.2 Å². The first kappa shape index (κ1) is 19.7. The fraction of sp³-hybridized carbons (Fsp3) is 0.636. The first-order valence-corrected chi connectivity index (χ1v) is 10.5. The van der Waals surface area contributed by atoms with Crippen LogP contribution in [0.1, 0.15) is 62.7 Å². The third-order valence-electron chi connectivity index (χ3n) is 5.57. The predicted octanol–water partition coefficient (Wildman–Crippen LogP) is 3.44. The van der Waals surface area contributed by atoms with Gasteiger partial charge in [0.1, 0.15) is 0 Å². The zero-order valence-corrected chi connectivity index (χ0v) is 16.7. The number of para-hydroxylation sites is 1. The van der Waals surface area contributed by atoms with Crippen molar-refractivity contribution in [3.05, 3.63) is 29.8 Å². The van der Waals surface area contributed by atoms with Crippen LogP contribution in [0, 0.1) is 5.92 Å². The highest BCUT2D eigenvalue weighted by Gasteiger charge is 2.26. The van der Waals surface area contributed by atoms with Gasteiger partial charge in [-0.05, 0) is 50.2 Å². The number of carbonyl (C=O) groups is 2. The topological polar surface area (TPSA) is 52.7 Å². The molecule has 1 N–H and O–H groups in total. The molecule has 2 amide bonds. The number of piperidine rings is 2. The number of carbonyl (C=O) groups excluding carboxylic acids is 2. The van der Waals surface area contributed by atoms with Crippen molar-refractivity contribution in [3.63, 3.8) is 0 Å². The minimum atomic E-state index is 0.157. The van der Waals surface area contributed by atoms with E-state index in [-0.39, 0.29) is 17.9 Å². The standard InChI is InChI=1S/C22H33N3O2/c1-17(2)16-21(26)23-18-10-14-24(15-11-18)20-9-5-4-8-19(20)22(27)25-12-6-3-7-13-25/h4-5,8-9,17-18H,3,6-7,10-16H2,1-2H3,(H,23,26). The van der Waals surface area contributed by atoms with E-state index in [1.54, 1.807) is 0 Å². The van der Waals surface area contributed by atoms with Crippen molar-refractivity contribution >= 4 is 17.5 Å². The van der Waals surface area contributed by atoms with Crippen LogP contribution < -0.4 is 10.2 Å². The quantitative estimate of drug-likeness (QED) is 0.863. The molecule has 5 nitrogen and oxygen atoms in total. The van der Waals surface area contributed by atoms with Gasteiger partial charge in [-0.2, -0.15) is 0 Å². The molecule has 1 aromatic rings. The SMILES string of the molecule is CC(C)CC(=O)NC1CCN(c2ccccc2C(=O)N2CCCCC2)CC1. The molecule has 0 aromatic heterocycles. The summed E-state index contributed by atoms with van der Waals surface area (Å²) in [6, 6.07) is 8.24. The van der Waals surface area contributed by atoms with Crippen molar-refractivity contribution in [2.45, 2.75) is 58.4 Å². The average molecular weight is 372 g/mol. The van der Waals surface area contributed by atoms with Gasteiger partial charge in [0, 0.05) is 44.3 Å². The number of hydrogen-bond acceptors (Lipinski definition) is 3. The molecule has 0 aliphatic carbocycles. The van der Waals surface area contributed by atoms with E-state index in [0.717, 1.165) is 63.1 Å². The lowest BCUT2D eigenvalue weighted by Crippen LogP contribution is -2.45. The van der Waals surface area contributed by atoms with E-state index in [2.05, 4.69) is 30.1 Å². The summed E-state index contributed by atoms with van der Waals surface area (Å²) in [5.74, 6) is 0.708.